The molecule has 0 unspecified atom stereocenters. The van der Waals surface area contributed by atoms with E-state index < -0.39 is 0 Å². The van der Waals surface area contributed by atoms with Crippen molar-refractivity contribution in [2.24, 2.45) is 0 Å². The fourth-order valence-corrected chi connectivity index (χ4v) is 2.50. The first kappa shape index (κ1) is 13.4. The van der Waals surface area contributed by atoms with Crippen molar-refractivity contribution < 1.29 is 9.59 Å². The standard InChI is InChI=1S/C16H15BN2O2/c17-9-18-13-3-1-2-11(6-13)16(21)12-5-4-10-8-15(20)19-14(10)7-12/h1-7,18H,8-9,17H2,(H,19,20). The average Bonchev–Trinajstić information content (AvgIpc) is 2.86. The summed E-state index contributed by atoms with van der Waals surface area (Å²) < 4.78 is 0. The molecule has 0 saturated carbocycles. The van der Waals surface area contributed by atoms with Crippen LogP contribution in [0, 0.1) is 0 Å². The van der Waals surface area contributed by atoms with Crippen LogP contribution in [0.25, 0.3) is 0 Å². The van der Waals surface area contributed by atoms with Gasteiger partial charge in [-0.1, -0.05) is 24.3 Å². The van der Waals surface area contributed by atoms with Crippen LogP contribution in [0.2, 0.25) is 0 Å². The van der Waals surface area contributed by atoms with Crippen molar-refractivity contribution in [1.29, 1.82) is 0 Å². The minimum absolute atomic E-state index is 0.0243. The van der Waals surface area contributed by atoms with Gasteiger partial charge in [-0.25, -0.2) is 0 Å². The molecule has 1 aliphatic rings. The van der Waals surface area contributed by atoms with Crippen molar-refractivity contribution in [2.75, 3.05) is 17.1 Å². The van der Waals surface area contributed by atoms with Gasteiger partial charge in [0.15, 0.2) is 5.78 Å². The van der Waals surface area contributed by atoms with E-state index in [0.29, 0.717) is 17.5 Å². The van der Waals surface area contributed by atoms with Gasteiger partial charge < -0.3 is 10.6 Å². The number of amides is 1. The number of anilines is 2. The van der Waals surface area contributed by atoms with E-state index in [9.17, 15) is 9.59 Å². The van der Waals surface area contributed by atoms with Gasteiger partial charge in [-0.3, -0.25) is 9.59 Å². The van der Waals surface area contributed by atoms with E-state index >= 15 is 0 Å². The first-order valence-corrected chi connectivity index (χ1v) is 6.99. The third-order valence-corrected chi connectivity index (χ3v) is 3.50. The molecule has 0 saturated heterocycles. The Hall–Kier alpha value is -2.56. The second kappa shape index (κ2) is 5.44. The third kappa shape index (κ3) is 2.67. The van der Waals surface area contributed by atoms with Crippen molar-refractivity contribution in [3.8, 4) is 0 Å². The molecule has 0 atom stereocenters. The Bertz CT molecular complexity index is 728. The maximum atomic E-state index is 12.5. The maximum Gasteiger partial charge on any atom is 0.228 e. The Morgan fingerprint density at radius 1 is 1.19 bits per heavy atom. The van der Waals surface area contributed by atoms with Gasteiger partial charge in [0.1, 0.15) is 7.85 Å². The topological polar surface area (TPSA) is 58.2 Å². The molecule has 5 heteroatoms. The van der Waals surface area contributed by atoms with Crippen molar-refractivity contribution in [3.05, 3.63) is 59.2 Å². The highest BCUT2D eigenvalue weighted by molar-refractivity contribution is 6.12. The number of fused-ring (bicyclic) bond motifs is 1. The van der Waals surface area contributed by atoms with Crippen LogP contribution in [-0.2, 0) is 11.2 Å². The van der Waals surface area contributed by atoms with Crippen molar-refractivity contribution in [2.45, 2.75) is 6.42 Å². The van der Waals surface area contributed by atoms with Gasteiger partial charge in [0.25, 0.3) is 0 Å². The molecule has 0 radical (unpaired) electrons. The van der Waals surface area contributed by atoms with E-state index in [1.165, 1.54) is 0 Å². The molecule has 2 aromatic carbocycles. The molecule has 0 aromatic heterocycles. The Labute approximate surface area is 124 Å². The summed E-state index contributed by atoms with van der Waals surface area (Å²) in [5, 5.41) is 5.96. The molecule has 3 rings (SSSR count). The van der Waals surface area contributed by atoms with Crippen LogP contribution < -0.4 is 10.6 Å². The number of carbonyl (C=O) groups is 2. The SMILES string of the molecule is BCNc1cccc(C(=O)c2ccc3c(c2)NC(=O)C3)c1. The molecule has 1 heterocycles. The molecule has 4 nitrogen and oxygen atoms in total. The Kier molecular flexibility index (Phi) is 3.48. The molecule has 0 spiro atoms. The zero-order valence-electron chi connectivity index (χ0n) is 11.8. The molecule has 21 heavy (non-hydrogen) atoms. The molecule has 1 aliphatic heterocycles. The number of benzene rings is 2. The lowest BCUT2D eigenvalue weighted by Crippen LogP contribution is -2.05. The lowest BCUT2D eigenvalue weighted by molar-refractivity contribution is -0.115. The highest BCUT2D eigenvalue weighted by atomic mass is 16.1. The molecule has 0 fully saturated rings. The third-order valence-electron chi connectivity index (χ3n) is 3.50. The van der Waals surface area contributed by atoms with Gasteiger partial charge in [-0.2, -0.15) is 0 Å². The lowest BCUT2D eigenvalue weighted by atomic mass is 10.0. The van der Waals surface area contributed by atoms with Crippen molar-refractivity contribution >= 4 is 30.9 Å². The van der Waals surface area contributed by atoms with E-state index in [2.05, 4.69) is 10.6 Å². The quantitative estimate of drug-likeness (QED) is 0.656. The number of ketones is 1. The predicted octanol–water partition coefficient (Wildman–Crippen LogP) is 1.41. The van der Waals surface area contributed by atoms with Gasteiger partial charge in [-0.15, -0.1) is 0 Å². The summed E-state index contributed by atoms with van der Waals surface area (Å²) in [5.41, 5.74) is 3.84. The van der Waals surface area contributed by atoms with Crippen LogP contribution in [0.5, 0.6) is 0 Å². The number of hydrogen-bond acceptors (Lipinski definition) is 3. The largest absolute Gasteiger partial charge is 0.393 e. The zero-order chi connectivity index (χ0) is 14.8. The smallest absolute Gasteiger partial charge is 0.228 e. The van der Waals surface area contributed by atoms with Crippen LogP contribution in [0.3, 0.4) is 0 Å². The van der Waals surface area contributed by atoms with Crippen molar-refractivity contribution in [1.82, 2.24) is 0 Å². The highest BCUT2D eigenvalue weighted by Gasteiger charge is 2.19. The van der Waals surface area contributed by atoms with E-state index in [-0.39, 0.29) is 11.7 Å². The average molecular weight is 278 g/mol. The summed E-state index contributed by atoms with van der Waals surface area (Å²) in [7, 11) is 2.01. The number of carbonyl (C=O) groups excluding carboxylic acids is 2. The zero-order valence-corrected chi connectivity index (χ0v) is 11.8. The van der Waals surface area contributed by atoms with Crippen LogP contribution >= 0.6 is 0 Å². The van der Waals surface area contributed by atoms with Crippen molar-refractivity contribution in [3.63, 3.8) is 0 Å². The first-order chi connectivity index (χ1) is 10.2. The molecule has 2 N–H and O–H groups in total. The Balaban J connectivity index is 1.90. The Morgan fingerprint density at radius 3 is 2.81 bits per heavy atom. The molecule has 0 aliphatic carbocycles. The van der Waals surface area contributed by atoms with Gasteiger partial charge in [0.2, 0.25) is 5.91 Å². The molecular weight excluding hydrogens is 263 g/mol. The number of hydrogen-bond donors (Lipinski definition) is 2. The second-order valence-electron chi connectivity index (χ2n) is 5.04. The number of nitrogens with one attached hydrogen (secondary N) is 2. The van der Waals surface area contributed by atoms with Crippen LogP contribution in [0.4, 0.5) is 11.4 Å². The summed E-state index contributed by atoms with van der Waals surface area (Å²) in [5.74, 6) is -0.0672. The van der Waals surface area contributed by atoms with Crippen LogP contribution in [-0.4, -0.2) is 26.0 Å². The first-order valence-electron chi connectivity index (χ1n) is 6.99. The van der Waals surface area contributed by atoms with Crippen LogP contribution in [0.1, 0.15) is 21.5 Å². The minimum atomic E-state index is -0.0429. The fourth-order valence-electron chi connectivity index (χ4n) is 2.50. The lowest BCUT2D eigenvalue weighted by Gasteiger charge is -2.07. The van der Waals surface area contributed by atoms with Gasteiger partial charge >= 0.3 is 0 Å². The summed E-state index contributed by atoms with van der Waals surface area (Å²) in [6, 6.07) is 12.8. The second-order valence-corrected chi connectivity index (χ2v) is 5.04. The van der Waals surface area contributed by atoms with Gasteiger partial charge in [0, 0.05) is 22.5 Å². The summed E-state index contributed by atoms with van der Waals surface area (Å²) in [4.78, 5) is 23.9. The Morgan fingerprint density at radius 2 is 2.00 bits per heavy atom. The summed E-state index contributed by atoms with van der Waals surface area (Å²) >= 11 is 0. The molecular formula is C16H15BN2O2. The van der Waals surface area contributed by atoms with Crippen LogP contribution in [0.15, 0.2) is 42.5 Å². The molecule has 104 valence electrons. The highest BCUT2D eigenvalue weighted by Crippen LogP contribution is 2.25. The molecule has 2 aromatic rings. The fraction of sp³-hybridized carbons (Fsp3) is 0.125. The normalized spacial score (nSPS) is 12.7. The molecule has 0 bridgehead atoms. The van der Waals surface area contributed by atoms with E-state index in [0.717, 1.165) is 23.4 Å². The predicted molar refractivity (Wildman–Crippen MR) is 85.7 cm³/mol. The molecule has 1 amide bonds. The van der Waals surface area contributed by atoms with E-state index in [1.807, 2.05) is 32.1 Å². The van der Waals surface area contributed by atoms with E-state index in [4.69, 9.17) is 0 Å². The summed E-state index contributed by atoms with van der Waals surface area (Å²) in [6.45, 7) is 0. The van der Waals surface area contributed by atoms with E-state index in [1.54, 1.807) is 18.2 Å². The number of rotatable bonds is 4. The minimum Gasteiger partial charge on any atom is -0.393 e. The maximum absolute atomic E-state index is 12.5. The summed E-state index contributed by atoms with van der Waals surface area (Å²) in [6.07, 6.45) is 1.20. The monoisotopic (exact) mass is 278 g/mol. The van der Waals surface area contributed by atoms with Gasteiger partial charge in [0.05, 0.1) is 6.42 Å². The van der Waals surface area contributed by atoms with Gasteiger partial charge in [-0.05, 0) is 30.2 Å².